The minimum atomic E-state index is -0.387. The van der Waals surface area contributed by atoms with Crippen molar-refractivity contribution in [3.8, 4) is 11.5 Å². The molecule has 0 aliphatic heterocycles. The fourth-order valence-electron chi connectivity index (χ4n) is 2.57. The summed E-state index contributed by atoms with van der Waals surface area (Å²) < 4.78 is 20.3. The molecule has 1 aromatic carbocycles. The van der Waals surface area contributed by atoms with Crippen molar-refractivity contribution in [3.05, 3.63) is 23.8 Å². The largest absolute Gasteiger partial charge is 0.493 e. The van der Waals surface area contributed by atoms with E-state index in [0.717, 1.165) is 5.56 Å². The number of hydrogen-bond donors (Lipinski definition) is 0. The molecule has 146 valence electrons. The summed E-state index contributed by atoms with van der Waals surface area (Å²) in [5, 5.41) is 0. The summed E-state index contributed by atoms with van der Waals surface area (Å²) >= 11 is 0. The van der Waals surface area contributed by atoms with Crippen LogP contribution < -0.4 is 9.47 Å². The molecule has 1 amide bonds. The predicted molar refractivity (Wildman–Crippen MR) is 97.5 cm³/mol. The second kappa shape index (κ2) is 11.4. The van der Waals surface area contributed by atoms with E-state index in [1.165, 1.54) is 7.11 Å². The van der Waals surface area contributed by atoms with Gasteiger partial charge in [0.2, 0.25) is 5.91 Å². The lowest BCUT2D eigenvalue weighted by molar-refractivity contribution is -0.146. The lowest BCUT2D eigenvalue weighted by Gasteiger charge is -2.25. The minimum absolute atomic E-state index is 0.0346. The highest BCUT2D eigenvalue weighted by Crippen LogP contribution is 2.28. The van der Waals surface area contributed by atoms with Gasteiger partial charge in [-0.2, -0.15) is 0 Å². The molecule has 0 radical (unpaired) electrons. The second-order valence-corrected chi connectivity index (χ2v) is 5.95. The standard InChI is InChI=1S/C19H29NO6/c1-14(19(22)26-5)13-20(10-11-23-2)18(21)9-7-15-6-8-16(24-3)17(12-15)25-4/h6,8,12,14H,7,9-11,13H2,1-5H3. The topological polar surface area (TPSA) is 74.3 Å². The molecule has 26 heavy (non-hydrogen) atoms. The van der Waals surface area contributed by atoms with Gasteiger partial charge in [-0.05, 0) is 24.1 Å². The Kier molecular flexibility index (Phi) is 9.51. The van der Waals surface area contributed by atoms with Gasteiger partial charge in [0.1, 0.15) is 0 Å². The van der Waals surface area contributed by atoms with Crippen LogP contribution in [0.1, 0.15) is 18.9 Å². The summed E-state index contributed by atoms with van der Waals surface area (Å²) in [5.41, 5.74) is 0.976. The van der Waals surface area contributed by atoms with E-state index in [0.29, 0.717) is 44.0 Å². The number of nitrogens with zero attached hydrogens (tertiary/aromatic N) is 1. The van der Waals surface area contributed by atoms with Crippen molar-refractivity contribution in [1.82, 2.24) is 4.90 Å². The highest BCUT2D eigenvalue weighted by molar-refractivity contribution is 5.78. The number of aryl methyl sites for hydroxylation is 1. The molecule has 1 unspecified atom stereocenters. The quantitative estimate of drug-likeness (QED) is 0.556. The molecule has 0 heterocycles. The number of benzene rings is 1. The molecule has 7 nitrogen and oxygen atoms in total. The number of methoxy groups -OCH3 is 4. The van der Waals surface area contributed by atoms with Crippen LogP contribution in [0, 0.1) is 5.92 Å². The third-order valence-electron chi connectivity index (χ3n) is 4.09. The van der Waals surface area contributed by atoms with Crippen LogP contribution in [0.5, 0.6) is 11.5 Å². The van der Waals surface area contributed by atoms with Crippen LogP contribution >= 0.6 is 0 Å². The van der Waals surface area contributed by atoms with E-state index in [1.807, 2.05) is 18.2 Å². The normalized spacial score (nSPS) is 11.6. The number of amides is 1. The van der Waals surface area contributed by atoms with Crippen LogP contribution in [0.15, 0.2) is 18.2 Å². The molecule has 0 saturated carbocycles. The van der Waals surface area contributed by atoms with Gasteiger partial charge in [-0.1, -0.05) is 13.0 Å². The third-order valence-corrected chi connectivity index (χ3v) is 4.09. The first-order valence-corrected chi connectivity index (χ1v) is 8.52. The van der Waals surface area contributed by atoms with Gasteiger partial charge in [-0.3, -0.25) is 9.59 Å². The average molecular weight is 367 g/mol. The summed E-state index contributed by atoms with van der Waals surface area (Å²) in [6, 6.07) is 5.59. The molecule has 0 spiro atoms. The molecular formula is C19H29NO6. The van der Waals surface area contributed by atoms with E-state index in [-0.39, 0.29) is 17.8 Å². The first-order chi connectivity index (χ1) is 12.5. The van der Waals surface area contributed by atoms with Gasteiger partial charge in [-0.25, -0.2) is 0 Å². The smallest absolute Gasteiger partial charge is 0.310 e. The Bertz CT molecular complexity index is 589. The summed E-state index contributed by atoms with van der Waals surface area (Å²) in [4.78, 5) is 25.9. The van der Waals surface area contributed by atoms with Crippen molar-refractivity contribution in [2.45, 2.75) is 19.8 Å². The van der Waals surface area contributed by atoms with Gasteiger partial charge in [0.05, 0.1) is 33.9 Å². The molecule has 7 heteroatoms. The van der Waals surface area contributed by atoms with Crippen LogP contribution in [0.4, 0.5) is 0 Å². The molecule has 1 aromatic rings. The van der Waals surface area contributed by atoms with Crippen LogP contribution in [0.25, 0.3) is 0 Å². The zero-order chi connectivity index (χ0) is 19.5. The van der Waals surface area contributed by atoms with Gasteiger partial charge in [-0.15, -0.1) is 0 Å². The van der Waals surface area contributed by atoms with Crippen molar-refractivity contribution in [1.29, 1.82) is 0 Å². The highest BCUT2D eigenvalue weighted by Gasteiger charge is 2.21. The fraction of sp³-hybridized carbons (Fsp3) is 0.579. The fourth-order valence-corrected chi connectivity index (χ4v) is 2.57. The van der Waals surface area contributed by atoms with Gasteiger partial charge in [0.15, 0.2) is 11.5 Å². The zero-order valence-corrected chi connectivity index (χ0v) is 16.2. The number of rotatable bonds is 11. The molecule has 0 fully saturated rings. The SMILES string of the molecule is COCCN(CC(C)C(=O)OC)C(=O)CCc1ccc(OC)c(OC)c1. The van der Waals surface area contributed by atoms with Crippen LogP contribution in [0.3, 0.4) is 0 Å². The van der Waals surface area contributed by atoms with Crippen molar-refractivity contribution in [2.24, 2.45) is 5.92 Å². The summed E-state index contributed by atoms with van der Waals surface area (Å²) in [6.45, 7) is 2.90. The molecule has 0 aliphatic carbocycles. The van der Waals surface area contributed by atoms with Crippen molar-refractivity contribution in [3.63, 3.8) is 0 Å². The van der Waals surface area contributed by atoms with Crippen LogP contribution in [-0.4, -0.2) is 64.9 Å². The number of carbonyl (C=O) groups is 2. The van der Waals surface area contributed by atoms with Gasteiger partial charge >= 0.3 is 5.97 Å². The monoisotopic (exact) mass is 367 g/mol. The second-order valence-electron chi connectivity index (χ2n) is 5.95. The number of esters is 1. The van der Waals surface area contributed by atoms with Crippen molar-refractivity contribution >= 4 is 11.9 Å². The third kappa shape index (κ3) is 6.55. The van der Waals surface area contributed by atoms with Crippen molar-refractivity contribution in [2.75, 3.05) is 48.1 Å². The zero-order valence-electron chi connectivity index (χ0n) is 16.2. The van der Waals surface area contributed by atoms with E-state index in [1.54, 1.807) is 33.2 Å². The first-order valence-electron chi connectivity index (χ1n) is 8.52. The molecule has 0 saturated heterocycles. The maximum atomic E-state index is 12.6. The minimum Gasteiger partial charge on any atom is -0.493 e. The maximum absolute atomic E-state index is 12.6. The van der Waals surface area contributed by atoms with E-state index >= 15 is 0 Å². The molecule has 0 aromatic heterocycles. The van der Waals surface area contributed by atoms with Gasteiger partial charge in [0, 0.05) is 26.6 Å². The lowest BCUT2D eigenvalue weighted by atomic mass is 10.1. The van der Waals surface area contributed by atoms with Crippen LogP contribution in [0.2, 0.25) is 0 Å². The molecule has 0 N–H and O–H groups in total. The number of hydrogen-bond acceptors (Lipinski definition) is 6. The predicted octanol–water partition coefficient (Wildman–Crippen LogP) is 1.92. The van der Waals surface area contributed by atoms with E-state index < -0.39 is 0 Å². The van der Waals surface area contributed by atoms with Gasteiger partial charge < -0.3 is 23.8 Å². The number of carbonyl (C=O) groups excluding carboxylic acids is 2. The number of ether oxygens (including phenoxy) is 4. The Labute approximate surface area is 155 Å². The Morgan fingerprint density at radius 2 is 1.77 bits per heavy atom. The lowest BCUT2D eigenvalue weighted by Crippen LogP contribution is -2.39. The maximum Gasteiger partial charge on any atom is 0.310 e. The molecule has 0 aliphatic rings. The summed E-state index contributed by atoms with van der Waals surface area (Å²) in [7, 11) is 6.08. The van der Waals surface area contributed by atoms with E-state index in [4.69, 9.17) is 18.9 Å². The molecular weight excluding hydrogens is 338 g/mol. The Hall–Kier alpha value is -2.28. The Balaban J connectivity index is 2.72. The molecule has 1 atom stereocenters. The van der Waals surface area contributed by atoms with Crippen molar-refractivity contribution < 1.29 is 28.5 Å². The Morgan fingerprint density at radius 1 is 1.08 bits per heavy atom. The Morgan fingerprint density at radius 3 is 2.35 bits per heavy atom. The molecule has 1 rings (SSSR count). The van der Waals surface area contributed by atoms with Gasteiger partial charge in [0.25, 0.3) is 0 Å². The van der Waals surface area contributed by atoms with E-state index in [9.17, 15) is 9.59 Å². The highest BCUT2D eigenvalue weighted by atomic mass is 16.5. The van der Waals surface area contributed by atoms with Crippen LogP contribution in [-0.2, 0) is 25.5 Å². The summed E-state index contributed by atoms with van der Waals surface area (Å²) in [6.07, 6.45) is 0.891. The summed E-state index contributed by atoms with van der Waals surface area (Å²) in [5.74, 6) is 0.527. The first kappa shape index (κ1) is 21.8. The molecule has 0 bridgehead atoms. The average Bonchev–Trinajstić information content (AvgIpc) is 2.67. The van der Waals surface area contributed by atoms with E-state index in [2.05, 4.69) is 0 Å².